The smallest absolute Gasteiger partial charge is 0.329 e. The molecular weight excluding hydrogens is 250 g/mol. The lowest BCUT2D eigenvalue weighted by molar-refractivity contribution is -0.156. The summed E-state index contributed by atoms with van der Waals surface area (Å²) < 4.78 is 9.47. The van der Waals surface area contributed by atoms with E-state index in [-0.39, 0.29) is 11.9 Å². The summed E-state index contributed by atoms with van der Waals surface area (Å²) in [5.41, 5.74) is -0.483. The monoisotopic (exact) mass is 271 g/mol. The van der Waals surface area contributed by atoms with Crippen molar-refractivity contribution in [2.45, 2.75) is 53.2 Å². The molecule has 0 amide bonds. The summed E-state index contributed by atoms with van der Waals surface area (Å²) in [6.45, 7) is 11.3. The van der Waals surface area contributed by atoms with E-state index in [0.717, 1.165) is 0 Å². The van der Waals surface area contributed by atoms with Gasteiger partial charge in [0.25, 0.3) is 0 Å². The molecule has 1 aromatic heterocycles. The Kier molecular flexibility index (Phi) is 4.67. The van der Waals surface area contributed by atoms with Gasteiger partial charge >= 0.3 is 5.97 Å². The predicted octanol–water partition coefficient (Wildman–Crippen LogP) is 2.62. The number of hydrogen-bond acceptors (Lipinski definition) is 6. The maximum absolute atomic E-state index is 12.1. The minimum Gasteiger partial charge on any atom is -0.458 e. The second kappa shape index (κ2) is 5.65. The van der Waals surface area contributed by atoms with E-state index < -0.39 is 11.6 Å². The second-order valence-electron chi connectivity index (χ2n) is 5.55. The summed E-state index contributed by atoms with van der Waals surface area (Å²) in [5.74, 6) is 0.559. The van der Waals surface area contributed by atoms with Crippen LogP contribution in [0.2, 0.25) is 0 Å². The van der Waals surface area contributed by atoms with Crippen LogP contribution in [0.25, 0.3) is 0 Å². The summed E-state index contributed by atoms with van der Waals surface area (Å²) in [6.07, 6.45) is 0. The zero-order valence-electron chi connectivity index (χ0n) is 11.8. The summed E-state index contributed by atoms with van der Waals surface area (Å²) in [6, 6.07) is -0.406. The molecule has 1 rings (SSSR count). The van der Waals surface area contributed by atoms with Crippen molar-refractivity contribution in [2.24, 2.45) is 5.92 Å². The summed E-state index contributed by atoms with van der Waals surface area (Å²) in [7, 11) is 0. The molecule has 0 aromatic carbocycles. The molecule has 1 N–H and O–H groups in total. The zero-order chi connectivity index (χ0) is 13.9. The van der Waals surface area contributed by atoms with Crippen molar-refractivity contribution in [1.29, 1.82) is 0 Å². The van der Waals surface area contributed by atoms with E-state index in [2.05, 4.69) is 14.7 Å². The van der Waals surface area contributed by atoms with Crippen LogP contribution < -0.4 is 5.32 Å². The lowest BCUT2D eigenvalue weighted by atomic mass is 10.0. The molecule has 102 valence electrons. The van der Waals surface area contributed by atoms with Crippen LogP contribution in [0.4, 0.5) is 5.13 Å². The lowest BCUT2D eigenvalue weighted by Gasteiger charge is -2.26. The second-order valence-corrected chi connectivity index (χ2v) is 6.30. The summed E-state index contributed by atoms with van der Waals surface area (Å²) in [4.78, 5) is 16.3. The molecule has 0 saturated heterocycles. The average Bonchev–Trinajstić information content (AvgIpc) is 2.57. The number of esters is 1. The molecule has 1 heterocycles. The zero-order valence-corrected chi connectivity index (χ0v) is 12.6. The molecule has 0 saturated carbocycles. The van der Waals surface area contributed by atoms with Gasteiger partial charge in [0.1, 0.15) is 17.5 Å². The minimum atomic E-state index is -0.483. The molecule has 0 bridgehead atoms. The van der Waals surface area contributed by atoms with Crippen LogP contribution in [0.5, 0.6) is 0 Å². The molecule has 0 spiro atoms. The fourth-order valence-electron chi connectivity index (χ4n) is 1.35. The third-order valence-electron chi connectivity index (χ3n) is 2.13. The molecule has 0 radical (unpaired) electrons. The molecule has 0 aliphatic carbocycles. The Hall–Kier alpha value is -1.17. The predicted molar refractivity (Wildman–Crippen MR) is 72.7 cm³/mol. The molecular formula is C12H21N3O2S. The Labute approximate surface area is 112 Å². The molecule has 0 unspecified atom stereocenters. The number of aryl methyl sites for hydroxylation is 1. The van der Waals surface area contributed by atoms with Crippen LogP contribution in [0.1, 0.15) is 40.4 Å². The van der Waals surface area contributed by atoms with Crippen molar-refractivity contribution in [2.75, 3.05) is 5.32 Å². The first-order chi connectivity index (χ1) is 8.19. The van der Waals surface area contributed by atoms with E-state index in [1.54, 1.807) is 0 Å². The first-order valence-electron chi connectivity index (χ1n) is 5.99. The highest BCUT2D eigenvalue weighted by Crippen LogP contribution is 2.18. The fourth-order valence-corrected chi connectivity index (χ4v) is 1.96. The summed E-state index contributed by atoms with van der Waals surface area (Å²) in [5, 5.41) is 3.74. The standard InChI is InChI=1S/C12H21N3O2S/c1-7(2)9(10(16)17-12(4,5)6)14-11-13-8(3)15-18-11/h7,9H,1-6H3,(H,13,14,15)/t9-/m0/s1. The van der Waals surface area contributed by atoms with Gasteiger partial charge in [-0.25, -0.2) is 9.78 Å². The van der Waals surface area contributed by atoms with Crippen LogP contribution in [0.15, 0.2) is 0 Å². The number of carbonyl (C=O) groups is 1. The number of nitrogens with zero attached hydrogens (tertiary/aromatic N) is 2. The molecule has 5 nitrogen and oxygen atoms in total. The van der Waals surface area contributed by atoms with Crippen molar-refractivity contribution in [1.82, 2.24) is 9.36 Å². The average molecular weight is 271 g/mol. The number of carbonyl (C=O) groups excluding carboxylic acids is 1. The lowest BCUT2D eigenvalue weighted by Crippen LogP contribution is -2.39. The van der Waals surface area contributed by atoms with Crippen LogP contribution in [-0.4, -0.2) is 27.0 Å². The van der Waals surface area contributed by atoms with E-state index in [1.807, 2.05) is 41.5 Å². The summed E-state index contributed by atoms with van der Waals surface area (Å²) >= 11 is 1.25. The topological polar surface area (TPSA) is 64.1 Å². The highest BCUT2D eigenvalue weighted by atomic mass is 32.1. The van der Waals surface area contributed by atoms with E-state index in [1.165, 1.54) is 11.5 Å². The largest absolute Gasteiger partial charge is 0.458 e. The Balaban J connectivity index is 2.74. The van der Waals surface area contributed by atoms with Gasteiger partial charge in [-0.15, -0.1) is 0 Å². The highest BCUT2D eigenvalue weighted by molar-refractivity contribution is 7.09. The van der Waals surface area contributed by atoms with Crippen molar-refractivity contribution in [3.63, 3.8) is 0 Å². The van der Waals surface area contributed by atoms with E-state index in [4.69, 9.17) is 4.74 Å². The fraction of sp³-hybridized carbons (Fsp3) is 0.750. The number of anilines is 1. The van der Waals surface area contributed by atoms with Gasteiger partial charge in [0.15, 0.2) is 0 Å². The van der Waals surface area contributed by atoms with Gasteiger partial charge in [-0.1, -0.05) is 13.8 Å². The van der Waals surface area contributed by atoms with Gasteiger partial charge in [0.2, 0.25) is 5.13 Å². The first kappa shape index (κ1) is 14.9. The highest BCUT2D eigenvalue weighted by Gasteiger charge is 2.28. The Morgan fingerprint density at radius 1 is 1.39 bits per heavy atom. The van der Waals surface area contributed by atoms with Gasteiger partial charge in [-0.3, -0.25) is 0 Å². The van der Waals surface area contributed by atoms with Crippen LogP contribution in [0.3, 0.4) is 0 Å². The molecule has 1 atom stereocenters. The number of nitrogens with one attached hydrogen (secondary N) is 1. The van der Waals surface area contributed by atoms with Gasteiger partial charge in [0, 0.05) is 11.5 Å². The Morgan fingerprint density at radius 3 is 2.39 bits per heavy atom. The van der Waals surface area contributed by atoms with Gasteiger partial charge in [-0.2, -0.15) is 4.37 Å². The van der Waals surface area contributed by atoms with Crippen molar-refractivity contribution in [3.8, 4) is 0 Å². The van der Waals surface area contributed by atoms with Crippen LogP contribution in [-0.2, 0) is 9.53 Å². The quantitative estimate of drug-likeness (QED) is 0.853. The maximum Gasteiger partial charge on any atom is 0.329 e. The van der Waals surface area contributed by atoms with Crippen molar-refractivity contribution >= 4 is 22.6 Å². The molecule has 0 fully saturated rings. The Morgan fingerprint density at radius 2 is 2.00 bits per heavy atom. The van der Waals surface area contributed by atoms with Crippen molar-refractivity contribution < 1.29 is 9.53 Å². The van der Waals surface area contributed by atoms with Gasteiger partial charge < -0.3 is 10.1 Å². The molecule has 18 heavy (non-hydrogen) atoms. The normalized spacial score (nSPS) is 13.5. The van der Waals surface area contributed by atoms with Gasteiger partial charge in [-0.05, 0) is 33.6 Å². The maximum atomic E-state index is 12.1. The SMILES string of the molecule is Cc1nsc(N[C@H](C(=O)OC(C)(C)C)C(C)C)n1. The molecule has 0 aliphatic rings. The number of hydrogen-bond donors (Lipinski definition) is 1. The minimum absolute atomic E-state index is 0.115. The number of ether oxygens (including phenoxy) is 1. The van der Waals surface area contributed by atoms with Crippen molar-refractivity contribution in [3.05, 3.63) is 5.82 Å². The first-order valence-corrected chi connectivity index (χ1v) is 6.76. The third kappa shape index (κ3) is 4.60. The van der Waals surface area contributed by atoms with E-state index in [9.17, 15) is 4.79 Å². The van der Waals surface area contributed by atoms with Gasteiger partial charge in [0.05, 0.1) is 0 Å². The Bertz CT molecular complexity index is 410. The van der Waals surface area contributed by atoms with Crippen LogP contribution in [0, 0.1) is 12.8 Å². The third-order valence-corrected chi connectivity index (χ3v) is 2.87. The number of rotatable bonds is 4. The van der Waals surface area contributed by atoms with Crippen LogP contribution >= 0.6 is 11.5 Å². The van der Waals surface area contributed by atoms with E-state index >= 15 is 0 Å². The van der Waals surface area contributed by atoms with E-state index in [0.29, 0.717) is 11.0 Å². The molecule has 0 aliphatic heterocycles. The molecule has 1 aromatic rings. The molecule has 6 heteroatoms. The number of aromatic nitrogens is 2.